The Hall–Kier alpha value is -0.900. The molecule has 1 saturated carbocycles. The third-order valence-corrected chi connectivity index (χ3v) is 6.34. The quantitative estimate of drug-likeness (QED) is 0.863. The lowest BCUT2D eigenvalue weighted by molar-refractivity contribution is -0.912. The molecule has 1 saturated heterocycles. The van der Waals surface area contributed by atoms with Crippen molar-refractivity contribution in [2.24, 2.45) is 5.92 Å². The highest BCUT2D eigenvalue weighted by atomic mass is 16.3. The van der Waals surface area contributed by atoms with Gasteiger partial charge in [-0.3, -0.25) is 4.90 Å². The molecule has 3 unspecified atom stereocenters. The van der Waals surface area contributed by atoms with Crippen molar-refractivity contribution >= 4 is 0 Å². The minimum atomic E-state index is -0.136. The van der Waals surface area contributed by atoms with Crippen molar-refractivity contribution in [2.75, 3.05) is 39.8 Å². The van der Waals surface area contributed by atoms with E-state index in [4.69, 9.17) is 0 Å². The summed E-state index contributed by atoms with van der Waals surface area (Å²) in [6.45, 7) is 8.26. The lowest BCUT2D eigenvalue weighted by Crippen LogP contribution is -2.58. The molecule has 1 aliphatic heterocycles. The molecule has 1 aliphatic carbocycles. The van der Waals surface area contributed by atoms with E-state index in [9.17, 15) is 5.11 Å². The minimum absolute atomic E-state index is 0.136. The second-order valence-electron chi connectivity index (χ2n) is 7.79. The summed E-state index contributed by atoms with van der Waals surface area (Å²) in [5.74, 6) is 0.393. The van der Waals surface area contributed by atoms with Crippen LogP contribution in [0.25, 0.3) is 0 Å². The largest absolute Gasteiger partial charge is 0.393 e. The maximum atomic E-state index is 10.6. The maximum Gasteiger partial charge on any atom is 0.0914 e. The molecular weight excluding hydrogens is 284 g/mol. The van der Waals surface area contributed by atoms with E-state index in [1.165, 1.54) is 42.5 Å². The number of piperazine rings is 1. The first-order chi connectivity index (χ1) is 11.1. The van der Waals surface area contributed by atoms with Gasteiger partial charge in [0.1, 0.15) is 0 Å². The van der Waals surface area contributed by atoms with Gasteiger partial charge >= 0.3 is 0 Å². The number of hydrogen-bond donors (Lipinski definition) is 1. The number of hydrogen-bond acceptors (Lipinski definition) is 2. The molecule has 1 heterocycles. The fraction of sp³-hybridized carbons (Fsp3) is 0.700. The molecule has 23 heavy (non-hydrogen) atoms. The summed E-state index contributed by atoms with van der Waals surface area (Å²) in [6.07, 6.45) is 4.45. The van der Waals surface area contributed by atoms with Crippen LogP contribution in [0.2, 0.25) is 0 Å². The van der Waals surface area contributed by atoms with E-state index in [0.29, 0.717) is 12.0 Å². The van der Waals surface area contributed by atoms with Gasteiger partial charge in [0.05, 0.1) is 32.8 Å². The van der Waals surface area contributed by atoms with Crippen molar-refractivity contribution in [3.63, 3.8) is 0 Å². The average molecular weight is 317 g/mol. The molecular formula is C20H33N2O+. The van der Waals surface area contributed by atoms with Crippen LogP contribution in [0.15, 0.2) is 30.3 Å². The summed E-state index contributed by atoms with van der Waals surface area (Å²) in [7, 11) is 2.38. The van der Waals surface area contributed by atoms with Crippen LogP contribution in [0.4, 0.5) is 0 Å². The van der Waals surface area contributed by atoms with Gasteiger partial charge in [-0.2, -0.15) is 0 Å². The number of nitrogens with zero attached hydrogens (tertiary/aromatic N) is 2. The first-order valence-corrected chi connectivity index (χ1v) is 9.43. The number of aliphatic hydroxyl groups is 1. The number of aliphatic hydroxyl groups excluding tert-OH is 1. The topological polar surface area (TPSA) is 23.5 Å². The Morgan fingerprint density at radius 1 is 1.13 bits per heavy atom. The fourth-order valence-corrected chi connectivity index (χ4v) is 4.45. The third kappa shape index (κ3) is 3.78. The van der Waals surface area contributed by atoms with Crippen LogP contribution in [-0.2, 0) is 0 Å². The predicted octanol–water partition coefficient (Wildman–Crippen LogP) is 3.06. The summed E-state index contributed by atoms with van der Waals surface area (Å²) in [5, 5.41) is 10.6. The van der Waals surface area contributed by atoms with Crippen LogP contribution in [0.3, 0.4) is 0 Å². The van der Waals surface area contributed by atoms with Gasteiger partial charge in [-0.15, -0.1) is 0 Å². The molecule has 2 aliphatic rings. The highest BCUT2D eigenvalue weighted by Crippen LogP contribution is 2.39. The number of rotatable bonds is 4. The highest BCUT2D eigenvalue weighted by Gasteiger charge is 2.38. The van der Waals surface area contributed by atoms with Crippen LogP contribution in [0.5, 0.6) is 0 Å². The van der Waals surface area contributed by atoms with E-state index >= 15 is 0 Å². The van der Waals surface area contributed by atoms with Gasteiger partial charge in [0.2, 0.25) is 0 Å². The summed E-state index contributed by atoms with van der Waals surface area (Å²) < 4.78 is 1.19. The number of benzene rings is 1. The van der Waals surface area contributed by atoms with Gasteiger partial charge in [0.25, 0.3) is 0 Å². The van der Waals surface area contributed by atoms with Gasteiger partial charge in [0.15, 0.2) is 0 Å². The molecule has 0 spiro atoms. The smallest absolute Gasteiger partial charge is 0.0914 e. The molecule has 1 N–H and O–H groups in total. The molecule has 0 radical (unpaired) electrons. The minimum Gasteiger partial charge on any atom is -0.393 e. The summed E-state index contributed by atoms with van der Waals surface area (Å²) in [6, 6.07) is 11.3. The molecule has 3 heteroatoms. The molecule has 3 atom stereocenters. The summed E-state index contributed by atoms with van der Waals surface area (Å²) >= 11 is 0. The second kappa shape index (κ2) is 7.33. The number of likely N-dealkylation sites (N-methyl/N-ethyl adjacent to an activating group) is 1. The molecule has 0 amide bonds. The van der Waals surface area contributed by atoms with Gasteiger partial charge in [-0.1, -0.05) is 43.2 Å². The lowest BCUT2D eigenvalue weighted by Gasteiger charge is -2.47. The Bertz CT molecular complexity index is 482. The van der Waals surface area contributed by atoms with Crippen LogP contribution in [-0.4, -0.2) is 60.4 Å². The standard InChI is InChI=1S/C20H33N2O/c1-3-22(2)15-13-21(14-16-22)20(17-9-5-4-6-10-17)18-11-7-8-12-19(18)23/h4-6,9-10,18-20,23H,3,7-8,11-16H2,1-2H3/q+1. The Labute approximate surface area is 141 Å². The van der Waals surface area contributed by atoms with Crippen LogP contribution in [0.1, 0.15) is 44.2 Å². The summed E-state index contributed by atoms with van der Waals surface area (Å²) in [5.41, 5.74) is 1.39. The molecule has 0 bridgehead atoms. The maximum absolute atomic E-state index is 10.6. The molecule has 3 nitrogen and oxygen atoms in total. The van der Waals surface area contributed by atoms with Crippen molar-refractivity contribution in [3.8, 4) is 0 Å². The zero-order valence-corrected chi connectivity index (χ0v) is 14.8. The van der Waals surface area contributed by atoms with Gasteiger partial charge < -0.3 is 9.59 Å². The van der Waals surface area contributed by atoms with Crippen molar-refractivity contribution < 1.29 is 9.59 Å². The highest BCUT2D eigenvalue weighted by molar-refractivity contribution is 5.20. The first-order valence-electron chi connectivity index (χ1n) is 9.43. The molecule has 0 aromatic heterocycles. The van der Waals surface area contributed by atoms with Crippen molar-refractivity contribution in [3.05, 3.63) is 35.9 Å². The average Bonchev–Trinajstić information content (AvgIpc) is 2.60. The van der Waals surface area contributed by atoms with Crippen LogP contribution < -0.4 is 0 Å². The molecule has 128 valence electrons. The third-order valence-electron chi connectivity index (χ3n) is 6.34. The lowest BCUT2D eigenvalue weighted by atomic mass is 9.78. The van der Waals surface area contributed by atoms with Gasteiger partial charge in [-0.05, 0) is 25.3 Å². The van der Waals surface area contributed by atoms with E-state index in [1.807, 2.05) is 0 Å². The van der Waals surface area contributed by atoms with Crippen molar-refractivity contribution in [1.82, 2.24) is 4.90 Å². The Morgan fingerprint density at radius 3 is 2.39 bits per heavy atom. The van der Waals surface area contributed by atoms with Gasteiger partial charge in [-0.25, -0.2) is 0 Å². The Balaban J connectivity index is 1.81. The second-order valence-corrected chi connectivity index (χ2v) is 7.79. The van der Waals surface area contributed by atoms with Crippen LogP contribution >= 0.6 is 0 Å². The van der Waals surface area contributed by atoms with E-state index in [-0.39, 0.29) is 6.10 Å². The number of quaternary nitrogens is 1. The normalized spacial score (nSPS) is 30.0. The van der Waals surface area contributed by atoms with E-state index in [1.54, 1.807) is 0 Å². The Morgan fingerprint density at radius 2 is 1.78 bits per heavy atom. The van der Waals surface area contributed by atoms with Gasteiger partial charge in [0, 0.05) is 25.0 Å². The fourth-order valence-electron chi connectivity index (χ4n) is 4.45. The predicted molar refractivity (Wildman–Crippen MR) is 95.2 cm³/mol. The van der Waals surface area contributed by atoms with E-state index < -0.39 is 0 Å². The van der Waals surface area contributed by atoms with E-state index in [2.05, 4.69) is 49.2 Å². The molecule has 3 rings (SSSR count). The van der Waals surface area contributed by atoms with Crippen molar-refractivity contribution in [1.29, 1.82) is 0 Å². The summed E-state index contributed by atoms with van der Waals surface area (Å²) in [4.78, 5) is 2.66. The molecule has 1 aromatic carbocycles. The van der Waals surface area contributed by atoms with E-state index in [0.717, 1.165) is 25.9 Å². The molecule has 2 fully saturated rings. The van der Waals surface area contributed by atoms with Crippen LogP contribution in [0, 0.1) is 5.92 Å². The zero-order chi connectivity index (χ0) is 16.3. The molecule has 1 aromatic rings. The zero-order valence-electron chi connectivity index (χ0n) is 14.8. The SMILES string of the molecule is CC[N+]1(C)CCN(C(c2ccccc2)C2CCCCC2O)CC1. The first kappa shape index (κ1) is 16.9. The Kier molecular flexibility index (Phi) is 5.40. The van der Waals surface area contributed by atoms with Crippen molar-refractivity contribution in [2.45, 2.75) is 44.8 Å². The monoisotopic (exact) mass is 317 g/mol.